The summed E-state index contributed by atoms with van der Waals surface area (Å²) in [5.41, 5.74) is 0.474. The van der Waals surface area contributed by atoms with Gasteiger partial charge in [-0.2, -0.15) is 0 Å². The summed E-state index contributed by atoms with van der Waals surface area (Å²) in [6, 6.07) is 0. The van der Waals surface area contributed by atoms with Gasteiger partial charge >= 0.3 is 11.9 Å². The first kappa shape index (κ1) is 24.7. The number of unbranched alkanes of at least 4 members (excludes halogenated alkanes) is 12. The molecule has 5 nitrogen and oxygen atoms in total. The van der Waals surface area contributed by atoms with E-state index in [1.165, 1.54) is 64.2 Å². The summed E-state index contributed by atoms with van der Waals surface area (Å²) in [5, 5.41) is 9.92. The lowest BCUT2D eigenvalue weighted by molar-refractivity contribution is -0.152. The zero-order valence-electron chi connectivity index (χ0n) is 17.9. The van der Waals surface area contributed by atoms with E-state index < -0.39 is 18.2 Å². The molecule has 0 amide bonds. The Morgan fingerprint density at radius 2 is 1.50 bits per heavy atom. The minimum absolute atomic E-state index is 0.140. The Bertz CT molecular complexity index is 472. The van der Waals surface area contributed by atoms with Crippen LogP contribution in [0.3, 0.4) is 0 Å². The van der Waals surface area contributed by atoms with Gasteiger partial charge < -0.3 is 14.6 Å². The van der Waals surface area contributed by atoms with Crippen LogP contribution >= 0.6 is 0 Å². The number of carbonyl (C=O) groups excluding carboxylic acids is 2. The molecular weight excluding hydrogens is 356 g/mol. The number of hydrogen-bond acceptors (Lipinski definition) is 5. The fourth-order valence-electron chi connectivity index (χ4n) is 3.39. The van der Waals surface area contributed by atoms with Crippen LogP contribution < -0.4 is 0 Å². The summed E-state index contributed by atoms with van der Waals surface area (Å²) < 4.78 is 10.1. The van der Waals surface area contributed by atoms with Gasteiger partial charge in [0.05, 0.1) is 0 Å². The summed E-state index contributed by atoms with van der Waals surface area (Å²) >= 11 is 0. The van der Waals surface area contributed by atoms with Crippen LogP contribution in [0.1, 0.15) is 104 Å². The van der Waals surface area contributed by atoms with Crippen LogP contribution in [-0.4, -0.2) is 35.9 Å². The second-order valence-corrected chi connectivity index (χ2v) is 7.96. The van der Waals surface area contributed by atoms with Gasteiger partial charge in [-0.1, -0.05) is 84.0 Å². The van der Waals surface area contributed by atoms with Gasteiger partial charge in [-0.15, -0.1) is 0 Å². The second kappa shape index (κ2) is 15.5. The Morgan fingerprint density at radius 3 is 1.96 bits per heavy atom. The molecule has 0 bridgehead atoms. The lowest BCUT2D eigenvalue weighted by atomic mass is 10.0. The average Bonchev–Trinajstić information content (AvgIpc) is 3.02. The van der Waals surface area contributed by atoms with Crippen molar-refractivity contribution in [3.63, 3.8) is 0 Å². The van der Waals surface area contributed by atoms with Crippen molar-refractivity contribution < 1.29 is 24.2 Å². The van der Waals surface area contributed by atoms with E-state index in [4.69, 9.17) is 9.47 Å². The van der Waals surface area contributed by atoms with Crippen LogP contribution in [-0.2, 0) is 19.1 Å². The largest absolute Gasteiger partial charge is 0.463 e. The van der Waals surface area contributed by atoms with Gasteiger partial charge in [0.1, 0.15) is 12.7 Å². The van der Waals surface area contributed by atoms with Crippen molar-refractivity contribution in [3.8, 4) is 0 Å². The highest BCUT2D eigenvalue weighted by Crippen LogP contribution is 2.17. The number of aliphatic hydroxyl groups is 1. The van der Waals surface area contributed by atoms with Gasteiger partial charge in [-0.25, -0.2) is 4.79 Å². The van der Waals surface area contributed by atoms with Crippen LogP contribution in [0.4, 0.5) is 0 Å². The topological polar surface area (TPSA) is 72.8 Å². The maximum Gasteiger partial charge on any atom is 0.334 e. The lowest BCUT2D eigenvalue weighted by Gasteiger charge is -2.16. The second-order valence-electron chi connectivity index (χ2n) is 7.96. The molecule has 1 aliphatic rings. The van der Waals surface area contributed by atoms with Gasteiger partial charge in [-0.3, -0.25) is 4.79 Å². The molecule has 0 aromatic heterocycles. The summed E-state index contributed by atoms with van der Waals surface area (Å²) in [6.07, 6.45) is 16.7. The fraction of sp³-hybridized carbons (Fsp3) is 0.826. The maximum absolute atomic E-state index is 11.7. The Morgan fingerprint density at radius 1 is 1.00 bits per heavy atom. The first-order valence-electron chi connectivity index (χ1n) is 11.3. The Labute approximate surface area is 170 Å². The van der Waals surface area contributed by atoms with E-state index in [-0.39, 0.29) is 12.6 Å². The molecule has 0 spiro atoms. The van der Waals surface area contributed by atoms with Crippen LogP contribution in [0, 0.1) is 0 Å². The molecule has 0 aromatic rings. The molecule has 162 valence electrons. The molecular formula is C23H40O5. The molecule has 1 heterocycles. The van der Waals surface area contributed by atoms with Crippen molar-refractivity contribution in [3.05, 3.63) is 11.6 Å². The van der Waals surface area contributed by atoms with E-state index in [1.54, 1.807) is 13.0 Å². The number of hydrogen-bond donors (Lipinski definition) is 1. The molecule has 28 heavy (non-hydrogen) atoms. The molecule has 0 aromatic carbocycles. The Balaban J connectivity index is 1.87. The van der Waals surface area contributed by atoms with E-state index in [0.717, 1.165) is 19.3 Å². The number of esters is 2. The summed E-state index contributed by atoms with van der Waals surface area (Å²) in [4.78, 5) is 23.0. The van der Waals surface area contributed by atoms with Crippen molar-refractivity contribution >= 4 is 11.9 Å². The third kappa shape index (κ3) is 11.5. The normalized spacial score (nSPS) is 17.3. The summed E-state index contributed by atoms with van der Waals surface area (Å²) in [5.74, 6) is -0.727. The number of rotatable bonds is 17. The number of cyclic esters (lactones) is 1. The summed E-state index contributed by atoms with van der Waals surface area (Å²) in [6.45, 7) is 3.75. The maximum atomic E-state index is 11.7. The van der Waals surface area contributed by atoms with E-state index in [1.807, 2.05) is 0 Å². The fourth-order valence-corrected chi connectivity index (χ4v) is 3.39. The third-order valence-corrected chi connectivity index (χ3v) is 5.26. The van der Waals surface area contributed by atoms with E-state index in [2.05, 4.69) is 6.92 Å². The van der Waals surface area contributed by atoms with Crippen LogP contribution in [0.25, 0.3) is 0 Å². The van der Waals surface area contributed by atoms with Crippen LogP contribution in [0.15, 0.2) is 11.6 Å². The molecule has 5 heteroatoms. The molecule has 0 unspecified atom stereocenters. The smallest absolute Gasteiger partial charge is 0.334 e. The van der Waals surface area contributed by atoms with Crippen LogP contribution in [0.2, 0.25) is 0 Å². The molecule has 1 N–H and O–H groups in total. The van der Waals surface area contributed by atoms with Crippen LogP contribution in [0.5, 0.6) is 0 Å². The third-order valence-electron chi connectivity index (χ3n) is 5.26. The Kier molecular flexibility index (Phi) is 13.7. The quantitative estimate of drug-likeness (QED) is 0.269. The molecule has 0 fully saturated rings. The van der Waals surface area contributed by atoms with Gasteiger partial charge in [0, 0.05) is 12.0 Å². The standard InChI is InChI=1S/C23H40O5/c1-3-4-5-6-7-8-9-10-11-12-13-14-15-16-22(25)27-18-20(24)21-17-19(2)23(26)28-21/h17,20-21,24H,3-16,18H2,1-2H3/t20-,21+/m1/s1. The molecule has 1 aliphatic heterocycles. The van der Waals surface area contributed by atoms with Gasteiger partial charge in [0.25, 0.3) is 0 Å². The zero-order valence-corrected chi connectivity index (χ0v) is 17.9. The van der Waals surface area contributed by atoms with Crippen molar-refractivity contribution in [1.29, 1.82) is 0 Å². The molecule has 1 rings (SSSR count). The number of carbonyl (C=O) groups is 2. The first-order chi connectivity index (χ1) is 13.5. The minimum Gasteiger partial charge on any atom is -0.463 e. The zero-order chi connectivity index (χ0) is 20.6. The van der Waals surface area contributed by atoms with Gasteiger partial charge in [0.2, 0.25) is 0 Å². The first-order valence-corrected chi connectivity index (χ1v) is 11.3. The van der Waals surface area contributed by atoms with E-state index in [9.17, 15) is 14.7 Å². The highest BCUT2D eigenvalue weighted by Gasteiger charge is 2.29. The highest BCUT2D eigenvalue weighted by molar-refractivity contribution is 5.90. The van der Waals surface area contributed by atoms with Gasteiger partial charge in [-0.05, 0) is 19.4 Å². The average molecular weight is 397 g/mol. The molecule has 0 saturated carbocycles. The van der Waals surface area contributed by atoms with E-state index in [0.29, 0.717) is 12.0 Å². The lowest BCUT2D eigenvalue weighted by Crippen LogP contribution is -2.31. The van der Waals surface area contributed by atoms with Crippen molar-refractivity contribution in [2.45, 2.75) is 116 Å². The number of aliphatic hydroxyl groups excluding tert-OH is 1. The number of ether oxygens (including phenoxy) is 2. The van der Waals surface area contributed by atoms with Crippen molar-refractivity contribution in [2.24, 2.45) is 0 Å². The predicted molar refractivity (Wildman–Crippen MR) is 111 cm³/mol. The Hall–Kier alpha value is -1.36. The monoisotopic (exact) mass is 396 g/mol. The molecule has 0 radical (unpaired) electrons. The molecule has 2 atom stereocenters. The molecule has 0 saturated heterocycles. The van der Waals surface area contributed by atoms with Crippen molar-refractivity contribution in [1.82, 2.24) is 0 Å². The van der Waals surface area contributed by atoms with Gasteiger partial charge in [0.15, 0.2) is 6.10 Å². The van der Waals surface area contributed by atoms with E-state index >= 15 is 0 Å². The molecule has 0 aliphatic carbocycles. The highest BCUT2D eigenvalue weighted by atomic mass is 16.6. The predicted octanol–water partition coefficient (Wildman–Crippen LogP) is 5.24. The SMILES string of the molecule is CCCCCCCCCCCCCCCC(=O)OC[C@@H](O)[C@@H]1C=C(C)C(=O)O1. The van der Waals surface area contributed by atoms with Crippen molar-refractivity contribution in [2.75, 3.05) is 6.61 Å². The summed E-state index contributed by atoms with van der Waals surface area (Å²) in [7, 11) is 0. The minimum atomic E-state index is -1.00.